The summed E-state index contributed by atoms with van der Waals surface area (Å²) in [4.78, 5) is 6.72. The smallest absolute Gasteiger partial charge is 0.244 e. The van der Waals surface area contributed by atoms with Crippen LogP contribution in [0.25, 0.3) is 0 Å². The first kappa shape index (κ1) is 17.2. The maximum atomic E-state index is 6.01. The van der Waals surface area contributed by atoms with E-state index in [9.17, 15) is 0 Å². The summed E-state index contributed by atoms with van der Waals surface area (Å²) >= 11 is 11.9. The molecule has 2 aromatic rings. The lowest BCUT2D eigenvalue weighted by Crippen LogP contribution is -2.39. The van der Waals surface area contributed by atoms with Gasteiger partial charge in [0.2, 0.25) is 5.95 Å². The van der Waals surface area contributed by atoms with Crippen molar-refractivity contribution in [2.75, 3.05) is 50.0 Å². The average molecular weight is 369 g/mol. The van der Waals surface area contributed by atoms with E-state index in [4.69, 9.17) is 27.9 Å². The van der Waals surface area contributed by atoms with E-state index in [2.05, 4.69) is 30.7 Å². The van der Waals surface area contributed by atoms with Crippen molar-refractivity contribution in [2.24, 2.45) is 0 Å². The van der Waals surface area contributed by atoms with Gasteiger partial charge in [0.15, 0.2) is 5.82 Å². The lowest BCUT2D eigenvalue weighted by molar-refractivity contribution is 0.0398. The van der Waals surface area contributed by atoms with Crippen LogP contribution in [0.2, 0.25) is 10.0 Å². The molecule has 3 rings (SSSR count). The van der Waals surface area contributed by atoms with Gasteiger partial charge < -0.3 is 15.4 Å². The first-order chi connectivity index (χ1) is 11.7. The Hall–Kier alpha value is -1.67. The van der Waals surface area contributed by atoms with Crippen molar-refractivity contribution in [3.8, 4) is 0 Å². The second kappa shape index (κ2) is 8.43. The Balaban J connectivity index is 1.54. The van der Waals surface area contributed by atoms with Crippen molar-refractivity contribution >= 4 is 40.7 Å². The van der Waals surface area contributed by atoms with Crippen LogP contribution >= 0.6 is 23.2 Å². The molecule has 24 heavy (non-hydrogen) atoms. The minimum Gasteiger partial charge on any atom is -0.379 e. The van der Waals surface area contributed by atoms with Crippen LogP contribution in [0.5, 0.6) is 0 Å². The number of hydrogen-bond acceptors (Lipinski definition) is 7. The summed E-state index contributed by atoms with van der Waals surface area (Å²) in [7, 11) is 0. The molecule has 1 aromatic carbocycles. The maximum absolute atomic E-state index is 6.01. The van der Waals surface area contributed by atoms with Crippen molar-refractivity contribution in [3.05, 3.63) is 34.4 Å². The molecule has 2 N–H and O–H groups in total. The van der Waals surface area contributed by atoms with Crippen LogP contribution in [-0.2, 0) is 4.74 Å². The van der Waals surface area contributed by atoms with Crippen molar-refractivity contribution in [1.29, 1.82) is 0 Å². The van der Waals surface area contributed by atoms with E-state index in [-0.39, 0.29) is 0 Å². The fourth-order valence-electron chi connectivity index (χ4n) is 2.31. The summed E-state index contributed by atoms with van der Waals surface area (Å²) in [6.07, 6.45) is 1.55. The normalized spacial score (nSPS) is 15.2. The summed E-state index contributed by atoms with van der Waals surface area (Å²) in [5, 5.41) is 15.2. The van der Waals surface area contributed by atoms with Crippen molar-refractivity contribution in [2.45, 2.75) is 0 Å². The third-order valence-electron chi connectivity index (χ3n) is 3.57. The molecule has 9 heteroatoms. The SMILES string of the molecule is Clc1ccc(Nc2cnnc(NCCN3CCOCC3)n2)cc1Cl. The number of ether oxygens (including phenoxy) is 1. The molecule has 128 valence electrons. The van der Waals surface area contributed by atoms with Crippen molar-refractivity contribution < 1.29 is 4.74 Å². The Kier molecular flexibility index (Phi) is 6.03. The van der Waals surface area contributed by atoms with Crippen LogP contribution < -0.4 is 10.6 Å². The summed E-state index contributed by atoms with van der Waals surface area (Å²) in [5.41, 5.74) is 0.782. The standard InChI is InChI=1S/C15H18Cl2N6O/c16-12-2-1-11(9-13(12)17)20-14-10-19-22-15(21-14)18-3-4-23-5-7-24-8-6-23/h1-2,9-10H,3-8H2,(H2,18,20,21,22). The second-order valence-corrected chi connectivity index (χ2v) is 6.11. The van der Waals surface area contributed by atoms with Crippen molar-refractivity contribution in [3.63, 3.8) is 0 Å². The van der Waals surface area contributed by atoms with Crippen LogP contribution in [0.4, 0.5) is 17.5 Å². The highest BCUT2D eigenvalue weighted by Crippen LogP contribution is 2.26. The maximum Gasteiger partial charge on any atom is 0.244 e. The number of hydrogen-bond donors (Lipinski definition) is 2. The third-order valence-corrected chi connectivity index (χ3v) is 4.30. The molecular weight excluding hydrogens is 351 g/mol. The zero-order valence-corrected chi connectivity index (χ0v) is 14.5. The van der Waals surface area contributed by atoms with Crippen LogP contribution in [-0.4, -0.2) is 59.5 Å². The summed E-state index contributed by atoms with van der Waals surface area (Å²) in [6, 6.07) is 5.28. The van der Waals surface area contributed by atoms with Crippen molar-refractivity contribution in [1.82, 2.24) is 20.1 Å². The lowest BCUT2D eigenvalue weighted by atomic mass is 10.3. The van der Waals surface area contributed by atoms with Gasteiger partial charge in [-0.15, -0.1) is 5.10 Å². The highest BCUT2D eigenvalue weighted by atomic mass is 35.5. The molecule has 0 atom stereocenters. The first-order valence-electron chi connectivity index (χ1n) is 7.66. The van der Waals surface area contributed by atoms with Gasteiger partial charge in [0.25, 0.3) is 0 Å². The fraction of sp³-hybridized carbons (Fsp3) is 0.400. The highest BCUT2D eigenvalue weighted by molar-refractivity contribution is 6.42. The van der Waals surface area contributed by atoms with E-state index in [1.165, 1.54) is 0 Å². The van der Waals surface area contributed by atoms with E-state index < -0.39 is 0 Å². The minimum atomic E-state index is 0.479. The molecule has 0 amide bonds. The monoisotopic (exact) mass is 368 g/mol. The Morgan fingerprint density at radius 1 is 1.17 bits per heavy atom. The van der Waals surface area contributed by atoms with E-state index in [0.29, 0.717) is 21.8 Å². The quantitative estimate of drug-likeness (QED) is 0.811. The topological polar surface area (TPSA) is 75.2 Å². The van der Waals surface area contributed by atoms with E-state index >= 15 is 0 Å². The third kappa shape index (κ3) is 4.91. The number of nitrogens with zero attached hydrogens (tertiary/aromatic N) is 4. The summed E-state index contributed by atoms with van der Waals surface area (Å²) < 4.78 is 5.33. The minimum absolute atomic E-state index is 0.479. The van der Waals surface area contributed by atoms with Gasteiger partial charge in [0.05, 0.1) is 29.5 Å². The zero-order valence-electron chi connectivity index (χ0n) is 13.0. The molecule has 1 aliphatic rings. The van der Waals surface area contributed by atoms with Gasteiger partial charge in [-0.3, -0.25) is 4.90 Å². The number of aromatic nitrogens is 3. The van der Waals surface area contributed by atoms with Gasteiger partial charge in [0.1, 0.15) is 0 Å². The second-order valence-electron chi connectivity index (χ2n) is 5.30. The molecule has 7 nitrogen and oxygen atoms in total. The molecular formula is C15H18Cl2N6O. The Morgan fingerprint density at radius 2 is 2.00 bits per heavy atom. The predicted octanol–water partition coefficient (Wildman–Crippen LogP) is 2.67. The van der Waals surface area contributed by atoms with Gasteiger partial charge in [0, 0.05) is 31.9 Å². The molecule has 0 bridgehead atoms. The van der Waals surface area contributed by atoms with Crippen LogP contribution in [0.3, 0.4) is 0 Å². The van der Waals surface area contributed by atoms with Crippen LogP contribution in [0, 0.1) is 0 Å². The molecule has 0 saturated carbocycles. The number of morpholine rings is 1. The average Bonchev–Trinajstić information content (AvgIpc) is 2.60. The predicted molar refractivity (Wildman–Crippen MR) is 95.3 cm³/mol. The molecule has 1 fully saturated rings. The largest absolute Gasteiger partial charge is 0.379 e. The molecule has 0 radical (unpaired) electrons. The van der Waals surface area contributed by atoms with Gasteiger partial charge in [-0.25, -0.2) is 0 Å². The number of halogens is 2. The van der Waals surface area contributed by atoms with Gasteiger partial charge >= 0.3 is 0 Å². The zero-order chi connectivity index (χ0) is 16.8. The Bertz CT molecular complexity index is 681. The number of anilines is 3. The van der Waals surface area contributed by atoms with Gasteiger partial charge in [-0.05, 0) is 18.2 Å². The van der Waals surface area contributed by atoms with Crippen LogP contribution in [0.1, 0.15) is 0 Å². The molecule has 0 aliphatic carbocycles. The van der Waals surface area contributed by atoms with Gasteiger partial charge in [-0.1, -0.05) is 23.2 Å². The van der Waals surface area contributed by atoms with E-state index in [1.807, 2.05) is 6.07 Å². The van der Waals surface area contributed by atoms with E-state index in [0.717, 1.165) is 45.1 Å². The molecule has 0 unspecified atom stereocenters. The van der Waals surface area contributed by atoms with E-state index in [1.54, 1.807) is 18.3 Å². The fourth-order valence-corrected chi connectivity index (χ4v) is 2.61. The van der Waals surface area contributed by atoms with Crippen LogP contribution in [0.15, 0.2) is 24.4 Å². The highest BCUT2D eigenvalue weighted by Gasteiger charge is 2.10. The molecule has 2 heterocycles. The first-order valence-corrected chi connectivity index (χ1v) is 8.42. The Morgan fingerprint density at radius 3 is 2.79 bits per heavy atom. The summed E-state index contributed by atoms with van der Waals surface area (Å²) in [5.74, 6) is 1.06. The Labute approximate surface area is 150 Å². The number of nitrogens with one attached hydrogen (secondary N) is 2. The summed E-state index contributed by atoms with van der Waals surface area (Å²) in [6.45, 7) is 5.16. The molecule has 1 saturated heterocycles. The lowest BCUT2D eigenvalue weighted by Gasteiger charge is -2.26. The number of rotatable bonds is 6. The van der Waals surface area contributed by atoms with Gasteiger partial charge in [-0.2, -0.15) is 10.1 Å². The molecule has 1 aromatic heterocycles. The number of benzene rings is 1. The molecule has 1 aliphatic heterocycles. The molecule has 0 spiro atoms.